The second-order valence-electron chi connectivity index (χ2n) is 5.83. The second-order valence-corrected chi connectivity index (χ2v) is 6.77. The third-order valence-corrected chi connectivity index (χ3v) is 5.53. The molecule has 1 aromatic heterocycles. The molecule has 17 heavy (non-hydrogen) atoms. The molecule has 0 spiro atoms. The van der Waals surface area contributed by atoms with Gasteiger partial charge in [0.2, 0.25) is 0 Å². The van der Waals surface area contributed by atoms with Gasteiger partial charge in [-0.2, -0.15) is 0 Å². The highest BCUT2D eigenvalue weighted by molar-refractivity contribution is 7.10. The first kappa shape index (κ1) is 11.7. The van der Waals surface area contributed by atoms with Gasteiger partial charge in [0.05, 0.1) is 0 Å². The van der Waals surface area contributed by atoms with Gasteiger partial charge >= 0.3 is 0 Å². The average Bonchev–Trinajstić information content (AvgIpc) is 3.08. The molecule has 1 heterocycles. The largest absolute Gasteiger partial charge is 0.313 e. The van der Waals surface area contributed by atoms with Crippen molar-refractivity contribution in [2.45, 2.75) is 62.8 Å². The lowest BCUT2D eigenvalue weighted by Crippen LogP contribution is -2.38. The van der Waals surface area contributed by atoms with E-state index in [4.69, 9.17) is 0 Å². The Morgan fingerprint density at radius 1 is 1.18 bits per heavy atom. The minimum atomic E-state index is 0.466. The summed E-state index contributed by atoms with van der Waals surface area (Å²) in [5.74, 6) is 0. The molecule has 1 nitrogen and oxygen atoms in total. The third-order valence-electron chi connectivity index (χ3n) is 4.41. The fraction of sp³-hybridized carbons (Fsp3) is 0.733. The standard InChI is InChI=1S/C15H23NS/c1-2-4-10-15(9-3-1,12-16-13-7-8-13)14-6-5-11-17-14/h5-6,11,13,16H,1-4,7-10,12H2. The molecule has 3 rings (SSSR count). The van der Waals surface area contributed by atoms with E-state index in [9.17, 15) is 0 Å². The molecule has 2 aliphatic rings. The summed E-state index contributed by atoms with van der Waals surface area (Å²) in [4.78, 5) is 1.63. The summed E-state index contributed by atoms with van der Waals surface area (Å²) in [5.41, 5.74) is 0.466. The van der Waals surface area contributed by atoms with Crippen molar-refractivity contribution in [3.63, 3.8) is 0 Å². The van der Waals surface area contributed by atoms with E-state index < -0.39 is 0 Å². The Hall–Kier alpha value is -0.340. The van der Waals surface area contributed by atoms with Gasteiger partial charge in [-0.15, -0.1) is 11.3 Å². The molecule has 0 saturated heterocycles. The van der Waals surface area contributed by atoms with Gasteiger partial charge in [0.25, 0.3) is 0 Å². The molecular weight excluding hydrogens is 226 g/mol. The lowest BCUT2D eigenvalue weighted by atomic mass is 9.79. The zero-order valence-electron chi connectivity index (χ0n) is 10.6. The van der Waals surface area contributed by atoms with Gasteiger partial charge in [-0.25, -0.2) is 0 Å². The van der Waals surface area contributed by atoms with Gasteiger partial charge in [0, 0.05) is 22.9 Å². The Labute approximate surface area is 109 Å². The maximum Gasteiger partial charge on any atom is 0.0172 e. The van der Waals surface area contributed by atoms with Crippen molar-refractivity contribution < 1.29 is 0 Å². The van der Waals surface area contributed by atoms with Crippen LogP contribution in [0.1, 0.15) is 56.2 Å². The highest BCUT2D eigenvalue weighted by atomic mass is 32.1. The van der Waals surface area contributed by atoms with E-state index in [0.717, 1.165) is 6.04 Å². The van der Waals surface area contributed by atoms with Gasteiger partial charge in [-0.1, -0.05) is 31.7 Å². The molecule has 2 heteroatoms. The summed E-state index contributed by atoms with van der Waals surface area (Å²) in [6.07, 6.45) is 11.3. The van der Waals surface area contributed by atoms with E-state index >= 15 is 0 Å². The molecular formula is C15H23NS. The van der Waals surface area contributed by atoms with Crippen molar-refractivity contribution in [1.29, 1.82) is 0 Å². The van der Waals surface area contributed by atoms with E-state index in [1.54, 1.807) is 4.88 Å². The number of rotatable bonds is 4. The van der Waals surface area contributed by atoms with Crippen molar-refractivity contribution in [2.24, 2.45) is 0 Å². The van der Waals surface area contributed by atoms with Crippen molar-refractivity contribution in [2.75, 3.05) is 6.54 Å². The monoisotopic (exact) mass is 249 g/mol. The Kier molecular flexibility index (Phi) is 3.53. The topological polar surface area (TPSA) is 12.0 Å². The van der Waals surface area contributed by atoms with Crippen LogP contribution in [0.4, 0.5) is 0 Å². The fourth-order valence-corrected chi connectivity index (χ4v) is 4.11. The van der Waals surface area contributed by atoms with Crippen LogP contribution in [-0.4, -0.2) is 12.6 Å². The first-order chi connectivity index (χ1) is 8.39. The van der Waals surface area contributed by atoms with Crippen LogP contribution in [0.5, 0.6) is 0 Å². The van der Waals surface area contributed by atoms with E-state index in [-0.39, 0.29) is 0 Å². The quantitative estimate of drug-likeness (QED) is 0.792. The van der Waals surface area contributed by atoms with Crippen molar-refractivity contribution in [1.82, 2.24) is 5.32 Å². The van der Waals surface area contributed by atoms with Crippen LogP contribution in [0.2, 0.25) is 0 Å². The van der Waals surface area contributed by atoms with Crippen LogP contribution in [-0.2, 0) is 5.41 Å². The maximum absolute atomic E-state index is 3.79. The number of thiophene rings is 1. The molecule has 2 saturated carbocycles. The third kappa shape index (κ3) is 2.74. The molecule has 2 fully saturated rings. The molecule has 2 aliphatic carbocycles. The molecule has 0 amide bonds. The summed E-state index contributed by atoms with van der Waals surface area (Å²) in [6, 6.07) is 5.43. The molecule has 94 valence electrons. The van der Waals surface area contributed by atoms with Crippen LogP contribution < -0.4 is 5.32 Å². The first-order valence-electron chi connectivity index (χ1n) is 7.16. The molecule has 1 N–H and O–H groups in total. The summed E-state index contributed by atoms with van der Waals surface area (Å²) < 4.78 is 0. The van der Waals surface area contributed by atoms with Crippen LogP contribution >= 0.6 is 11.3 Å². The molecule has 0 aliphatic heterocycles. The van der Waals surface area contributed by atoms with Gasteiger partial charge in [0.1, 0.15) is 0 Å². The minimum absolute atomic E-state index is 0.466. The highest BCUT2D eigenvalue weighted by Crippen LogP contribution is 2.40. The van der Waals surface area contributed by atoms with Gasteiger partial charge in [-0.3, -0.25) is 0 Å². The molecule has 0 atom stereocenters. The van der Waals surface area contributed by atoms with Crippen LogP contribution in [0.3, 0.4) is 0 Å². The molecule has 0 aromatic carbocycles. The van der Waals surface area contributed by atoms with E-state index in [1.807, 2.05) is 11.3 Å². The molecule has 0 unspecified atom stereocenters. The van der Waals surface area contributed by atoms with E-state index in [2.05, 4.69) is 22.8 Å². The summed E-state index contributed by atoms with van der Waals surface area (Å²) >= 11 is 1.97. The average molecular weight is 249 g/mol. The highest BCUT2D eigenvalue weighted by Gasteiger charge is 2.35. The Morgan fingerprint density at radius 3 is 2.53 bits per heavy atom. The number of hydrogen-bond donors (Lipinski definition) is 1. The van der Waals surface area contributed by atoms with Gasteiger partial charge < -0.3 is 5.32 Å². The fourth-order valence-electron chi connectivity index (χ4n) is 3.12. The lowest BCUT2D eigenvalue weighted by Gasteiger charge is -2.32. The minimum Gasteiger partial charge on any atom is -0.313 e. The first-order valence-corrected chi connectivity index (χ1v) is 8.04. The summed E-state index contributed by atoms with van der Waals surface area (Å²) in [5, 5.41) is 6.04. The summed E-state index contributed by atoms with van der Waals surface area (Å²) in [6.45, 7) is 1.22. The Balaban J connectivity index is 1.76. The number of nitrogens with one attached hydrogen (secondary N) is 1. The predicted molar refractivity (Wildman–Crippen MR) is 74.7 cm³/mol. The van der Waals surface area contributed by atoms with Gasteiger partial charge in [0.15, 0.2) is 0 Å². The molecule has 0 radical (unpaired) electrons. The van der Waals surface area contributed by atoms with Crippen molar-refractivity contribution in [3.05, 3.63) is 22.4 Å². The van der Waals surface area contributed by atoms with Crippen LogP contribution in [0, 0.1) is 0 Å². The normalized spacial score (nSPS) is 24.5. The zero-order valence-corrected chi connectivity index (χ0v) is 11.4. The lowest BCUT2D eigenvalue weighted by molar-refractivity contribution is 0.352. The van der Waals surface area contributed by atoms with Crippen molar-refractivity contribution >= 4 is 11.3 Å². The van der Waals surface area contributed by atoms with Gasteiger partial charge in [-0.05, 0) is 37.1 Å². The predicted octanol–water partition coefficient (Wildman–Crippen LogP) is 4.09. The zero-order chi connectivity index (χ0) is 11.6. The van der Waals surface area contributed by atoms with E-state index in [0.29, 0.717) is 5.41 Å². The second kappa shape index (κ2) is 5.11. The number of hydrogen-bond acceptors (Lipinski definition) is 2. The van der Waals surface area contributed by atoms with E-state index in [1.165, 1.54) is 57.9 Å². The van der Waals surface area contributed by atoms with Crippen LogP contribution in [0.25, 0.3) is 0 Å². The SMILES string of the molecule is c1csc(C2(CNC3CC3)CCCCCC2)c1. The smallest absolute Gasteiger partial charge is 0.0172 e. The summed E-state index contributed by atoms with van der Waals surface area (Å²) in [7, 11) is 0. The van der Waals surface area contributed by atoms with Crippen molar-refractivity contribution in [3.8, 4) is 0 Å². The Morgan fingerprint density at radius 2 is 1.94 bits per heavy atom. The molecule has 0 bridgehead atoms. The molecule has 1 aromatic rings. The van der Waals surface area contributed by atoms with Crippen LogP contribution in [0.15, 0.2) is 17.5 Å². The maximum atomic E-state index is 3.79. The Bertz CT molecular complexity index is 332.